The van der Waals surface area contributed by atoms with Crippen LogP contribution in [0.4, 0.5) is 0 Å². The van der Waals surface area contributed by atoms with E-state index in [4.69, 9.17) is 0 Å². The maximum atomic E-state index is 12.4. The van der Waals surface area contributed by atoms with Crippen molar-refractivity contribution in [3.05, 3.63) is 35.4 Å². The van der Waals surface area contributed by atoms with Gasteiger partial charge in [-0.1, -0.05) is 18.2 Å². The fourth-order valence-corrected chi connectivity index (χ4v) is 2.90. The van der Waals surface area contributed by atoms with Crippen LogP contribution in [0.5, 0.6) is 0 Å². The maximum absolute atomic E-state index is 12.4. The van der Waals surface area contributed by atoms with Gasteiger partial charge in [0.25, 0.3) is 5.91 Å². The van der Waals surface area contributed by atoms with Crippen LogP contribution in [-0.4, -0.2) is 34.9 Å². The van der Waals surface area contributed by atoms with E-state index < -0.39 is 5.72 Å². The Morgan fingerprint density at radius 2 is 2.05 bits per heavy atom. The molecule has 19 heavy (non-hydrogen) atoms. The fraction of sp³-hybridized carbons (Fsp3) is 0.429. The zero-order chi connectivity index (χ0) is 13.5. The second-order valence-corrected chi connectivity index (χ2v) is 5.02. The second-order valence-electron chi connectivity index (χ2n) is 5.02. The third-order valence-corrected chi connectivity index (χ3v) is 3.87. The first-order valence-corrected chi connectivity index (χ1v) is 6.53. The molecular formula is C14H16N2O3. The molecular weight excluding hydrogens is 244 g/mol. The van der Waals surface area contributed by atoms with Gasteiger partial charge in [0.05, 0.1) is 0 Å². The Kier molecular flexibility index (Phi) is 2.78. The van der Waals surface area contributed by atoms with Gasteiger partial charge in [-0.25, -0.2) is 0 Å². The summed E-state index contributed by atoms with van der Waals surface area (Å²) in [6.45, 7) is 0.779. The quantitative estimate of drug-likeness (QED) is 0.717. The molecule has 2 heterocycles. The molecule has 5 nitrogen and oxygen atoms in total. The van der Waals surface area contributed by atoms with E-state index in [-0.39, 0.29) is 24.8 Å². The van der Waals surface area contributed by atoms with Gasteiger partial charge in [0, 0.05) is 37.1 Å². The molecule has 1 atom stereocenters. The molecule has 5 heteroatoms. The highest BCUT2D eigenvalue weighted by Crippen LogP contribution is 2.40. The molecule has 0 unspecified atom stereocenters. The molecule has 2 amide bonds. The zero-order valence-corrected chi connectivity index (χ0v) is 10.6. The van der Waals surface area contributed by atoms with Crippen LogP contribution in [-0.2, 0) is 10.5 Å². The number of fused-ring (bicyclic) bond motifs is 3. The van der Waals surface area contributed by atoms with E-state index in [0.29, 0.717) is 30.5 Å². The van der Waals surface area contributed by atoms with E-state index >= 15 is 0 Å². The Balaban J connectivity index is 2.03. The number of amides is 2. The summed E-state index contributed by atoms with van der Waals surface area (Å²) >= 11 is 0. The van der Waals surface area contributed by atoms with E-state index in [0.717, 1.165) is 0 Å². The largest absolute Gasteiger partial charge is 0.367 e. The van der Waals surface area contributed by atoms with Gasteiger partial charge < -0.3 is 15.3 Å². The highest BCUT2D eigenvalue weighted by Gasteiger charge is 2.47. The molecule has 1 fully saturated rings. The maximum Gasteiger partial charge on any atom is 0.256 e. The number of benzene rings is 1. The number of carbonyl (C=O) groups is 2. The SMILES string of the molecule is O=C1CCN2C(=O)c3ccccc3[C@@]2(O)CCCN1. The van der Waals surface area contributed by atoms with Crippen molar-refractivity contribution in [3.63, 3.8) is 0 Å². The van der Waals surface area contributed by atoms with Crippen molar-refractivity contribution in [1.29, 1.82) is 0 Å². The molecule has 0 radical (unpaired) electrons. The summed E-state index contributed by atoms with van der Waals surface area (Å²) in [5.74, 6) is -0.263. The fourth-order valence-electron chi connectivity index (χ4n) is 2.90. The first-order valence-electron chi connectivity index (χ1n) is 6.53. The number of carbonyl (C=O) groups excluding carboxylic acids is 2. The smallest absolute Gasteiger partial charge is 0.256 e. The normalized spacial score (nSPS) is 26.9. The van der Waals surface area contributed by atoms with Crippen molar-refractivity contribution < 1.29 is 14.7 Å². The molecule has 0 spiro atoms. The van der Waals surface area contributed by atoms with E-state index in [2.05, 4.69) is 5.32 Å². The van der Waals surface area contributed by atoms with Crippen molar-refractivity contribution in [2.45, 2.75) is 25.0 Å². The average Bonchev–Trinajstić information content (AvgIpc) is 2.66. The minimum atomic E-state index is -1.26. The zero-order valence-electron chi connectivity index (χ0n) is 10.6. The summed E-state index contributed by atoms with van der Waals surface area (Å²) in [6.07, 6.45) is 1.30. The van der Waals surface area contributed by atoms with Crippen LogP contribution in [0.25, 0.3) is 0 Å². The van der Waals surface area contributed by atoms with Crippen LogP contribution in [0.1, 0.15) is 35.2 Å². The summed E-state index contributed by atoms with van der Waals surface area (Å²) in [6, 6.07) is 7.14. The highest BCUT2D eigenvalue weighted by atomic mass is 16.3. The van der Waals surface area contributed by atoms with Gasteiger partial charge in [-0.3, -0.25) is 9.59 Å². The van der Waals surface area contributed by atoms with Gasteiger partial charge >= 0.3 is 0 Å². The lowest BCUT2D eigenvalue weighted by Gasteiger charge is -2.33. The van der Waals surface area contributed by atoms with Gasteiger partial charge in [0.2, 0.25) is 5.91 Å². The monoisotopic (exact) mass is 260 g/mol. The molecule has 2 N–H and O–H groups in total. The Labute approximate surface area is 111 Å². The van der Waals surface area contributed by atoms with E-state index in [9.17, 15) is 14.7 Å². The summed E-state index contributed by atoms with van der Waals surface area (Å²) in [5, 5.41) is 13.7. The second kappa shape index (κ2) is 4.35. The number of rotatable bonds is 0. The molecule has 2 aliphatic heterocycles. The molecule has 1 aromatic carbocycles. The number of aliphatic hydroxyl groups is 1. The van der Waals surface area contributed by atoms with E-state index in [1.165, 1.54) is 4.90 Å². The van der Waals surface area contributed by atoms with Crippen LogP contribution >= 0.6 is 0 Å². The molecule has 0 bridgehead atoms. The minimum absolute atomic E-state index is 0.0759. The summed E-state index contributed by atoms with van der Waals surface area (Å²) in [4.78, 5) is 25.3. The number of hydrogen-bond donors (Lipinski definition) is 2. The van der Waals surface area contributed by atoms with Gasteiger partial charge in [-0.2, -0.15) is 0 Å². The van der Waals surface area contributed by atoms with Gasteiger partial charge in [-0.05, 0) is 12.5 Å². The van der Waals surface area contributed by atoms with Crippen molar-refractivity contribution in [2.75, 3.05) is 13.1 Å². The van der Waals surface area contributed by atoms with Crippen molar-refractivity contribution in [2.24, 2.45) is 0 Å². The van der Waals surface area contributed by atoms with Crippen LogP contribution in [0, 0.1) is 0 Å². The Morgan fingerprint density at radius 1 is 1.26 bits per heavy atom. The van der Waals surface area contributed by atoms with Gasteiger partial charge in [0.1, 0.15) is 0 Å². The summed E-state index contributed by atoms with van der Waals surface area (Å²) in [7, 11) is 0. The standard InChI is InChI=1S/C14H16N2O3/c17-12-6-9-16-13(18)10-4-1-2-5-11(10)14(16,19)7-3-8-15-12/h1-2,4-5,19H,3,6-9H2,(H,15,17)/t14-/m0/s1. The van der Waals surface area contributed by atoms with Crippen LogP contribution in [0.2, 0.25) is 0 Å². The van der Waals surface area contributed by atoms with Crippen molar-refractivity contribution >= 4 is 11.8 Å². The lowest BCUT2D eigenvalue weighted by atomic mass is 9.97. The molecule has 100 valence electrons. The lowest BCUT2D eigenvalue weighted by molar-refractivity contribution is -0.122. The summed E-state index contributed by atoms with van der Waals surface area (Å²) < 4.78 is 0. The molecule has 0 aliphatic carbocycles. The Bertz CT molecular complexity index is 543. The van der Waals surface area contributed by atoms with E-state index in [1.807, 2.05) is 6.07 Å². The summed E-state index contributed by atoms with van der Waals surface area (Å²) in [5.41, 5.74) is -0.0553. The molecule has 2 aliphatic rings. The Hall–Kier alpha value is -1.88. The average molecular weight is 260 g/mol. The number of hydrogen-bond acceptors (Lipinski definition) is 3. The van der Waals surface area contributed by atoms with Crippen molar-refractivity contribution in [1.82, 2.24) is 10.2 Å². The number of nitrogens with zero attached hydrogens (tertiary/aromatic N) is 1. The topological polar surface area (TPSA) is 69.6 Å². The highest BCUT2D eigenvalue weighted by molar-refractivity contribution is 5.99. The van der Waals surface area contributed by atoms with Crippen LogP contribution < -0.4 is 5.32 Å². The molecule has 1 saturated heterocycles. The molecule has 0 aromatic heterocycles. The Morgan fingerprint density at radius 3 is 2.89 bits per heavy atom. The minimum Gasteiger partial charge on any atom is -0.367 e. The van der Waals surface area contributed by atoms with Gasteiger partial charge in [-0.15, -0.1) is 0 Å². The third kappa shape index (κ3) is 1.81. The predicted octanol–water partition coefficient (Wildman–Crippen LogP) is 0.588. The van der Waals surface area contributed by atoms with Gasteiger partial charge in [0.15, 0.2) is 5.72 Å². The lowest BCUT2D eigenvalue weighted by Crippen LogP contribution is -2.44. The molecule has 1 aromatic rings. The first-order chi connectivity index (χ1) is 9.13. The van der Waals surface area contributed by atoms with Crippen molar-refractivity contribution in [3.8, 4) is 0 Å². The van der Waals surface area contributed by atoms with Crippen LogP contribution in [0.3, 0.4) is 0 Å². The third-order valence-electron chi connectivity index (χ3n) is 3.87. The van der Waals surface area contributed by atoms with E-state index in [1.54, 1.807) is 18.2 Å². The predicted molar refractivity (Wildman–Crippen MR) is 68.2 cm³/mol. The molecule has 3 rings (SSSR count). The number of nitrogens with one attached hydrogen (secondary N) is 1. The first kappa shape index (κ1) is 12.2. The van der Waals surface area contributed by atoms with Crippen LogP contribution in [0.15, 0.2) is 24.3 Å². The molecule has 0 saturated carbocycles.